The number of halogens is 3. The van der Waals surface area contributed by atoms with Crippen molar-refractivity contribution in [3.8, 4) is 11.1 Å². The minimum atomic E-state index is -3.25. The van der Waals surface area contributed by atoms with Crippen LogP contribution in [0.4, 0.5) is 13.6 Å². The number of nitrogens with zero attached hydrogens (tertiary/aromatic N) is 1. The molecule has 9 heteroatoms. The third-order valence-corrected chi connectivity index (χ3v) is 7.49. The summed E-state index contributed by atoms with van der Waals surface area (Å²) >= 11 is 3.23. The summed E-state index contributed by atoms with van der Waals surface area (Å²) in [5.74, 6) is -4.54. The van der Waals surface area contributed by atoms with E-state index in [0.29, 0.717) is 28.6 Å². The number of ketones is 1. The summed E-state index contributed by atoms with van der Waals surface area (Å²) in [7, 11) is 0. The van der Waals surface area contributed by atoms with Gasteiger partial charge in [-0.2, -0.15) is 8.78 Å². The van der Waals surface area contributed by atoms with Gasteiger partial charge in [-0.3, -0.25) is 9.69 Å². The molecule has 2 aliphatic carbocycles. The van der Waals surface area contributed by atoms with E-state index in [1.165, 1.54) is 29.2 Å². The van der Waals surface area contributed by atoms with Gasteiger partial charge < -0.3 is 9.47 Å². The second-order valence-electron chi connectivity index (χ2n) is 10.9. The third-order valence-electron chi connectivity index (χ3n) is 7.00. The van der Waals surface area contributed by atoms with Crippen LogP contribution in [0.1, 0.15) is 61.5 Å². The first-order valence-corrected chi connectivity index (χ1v) is 12.6. The number of Topliss-reactive ketones (excluding diaryl/α,β-unsaturated/α-hetero) is 1. The van der Waals surface area contributed by atoms with Crippen LogP contribution in [0.2, 0.25) is 0 Å². The molecule has 6 nitrogen and oxygen atoms in total. The van der Waals surface area contributed by atoms with E-state index in [4.69, 9.17) is 9.47 Å². The maximum absolute atomic E-state index is 15.1. The van der Waals surface area contributed by atoms with Crippen LogP contribution < -0.4 is 0 Å². The van der Waals surface area contributed by atoms with Crippen LogP contribution in [0.15, 0.2) is 40.9 Å². The van der Waals surface area contributed by atoms with Gasteiger partial charge in [-0.05, 0) is 74.8 Å². The molecule has 1 aliphatic heterocycles. The van der Waals surface area contributed by atoms with Crippen LogP contribution >= 0.6 is 15.9 Å². The molecule has 5 rings (SSSR count). The van der Waals surface area contributed by atoms with E-state index in [1.54, 1.807) is 32.9 Å². The van der Waals surface area contributed by atoms with Gasteiger partial charge in [-0.25, -0.2) is 9.59 Å². The Bertz CT molecular complexity index is 1280. The Morgan fingerprint density at radius 3 is 2.33 bits per heavy atom. The highest BCUT2D eigenvalue weighted by atomic mass is 79.9. The Kier molecular flexibility index (Phi) is 5.78. The number of ether oxygens (including phenoxy) is 2. The van der Waals surface area contributed by atoms with Gasteiger partial charge in [-0.1, -0.05) is 34.1 Å². The summed E-state index contributed by atoms with van der Waals surface area (Å²) in [4.78, 5) is 39.8. The molecule has 0 aromatic heterocycles. The minimum absolute atomic E-state index is 0.0298. The lowest BCUT2D eigenvalue weighted by Crippen LogP contribution is -2.44. The molecule has 36 heavy (non-hydrogen) atoms. The second-order valence-corrected chi connectivity index (χ2v) is 11.8. The lowest BCUT2D eigenvalue weighted by atomic mass is 10.0. The zero-order chi connectivity index (χ0) is 26.0. The first kappa shape index (κ1) is 24.9. The van der Waals surface area contributed by atoms with Gasteiger partial charge in [0.1, 0.15) is 11.6 Å². The van der Waals surface area contributed by atoms with Crippen molar-refractivity contribution in [1.82, 2.24) is 4.90 Å². The fourth-order valence-electron chi connectivity index (χ4n) is 5.00. The van der Waals surface area contributed by atoms with Crippen LogP contribution in [0, 0.1) is 5.41 Å². The summed E-state index contributed by atoms with van der Waals surface area (Å²) in [5.41, 5.74) is -0.379. The van der Waals surface area contributed by atoms with Crippen molar-refractivity contribution in [1.29, 1.82) is 0 Å². The number of alkyl halides is 2. The fraction of sp³-hybridized carbons (Fsp3) is 0.444. The lowest BCUT2D eigenvalue weighted by molar-refractivity contribution is -0.147. The topological polar surface area (TPSA) is 72.9 Å². The molecule has 0 bridgehead atoms. The molecule has 1 saturated carbocycles. The van der Waals surface area contributed by atoms with E-state index < -0.39 is 42.0 Å². The number of carbonyl (C=O) groups excluding carboxylic acids is 3. The first-order chi connectivity index (χ1) is 16.8. The SMILES string of the molecule is CC(C)(C)OC(=O)N1CC2(CC2)CC1C(=O)OCC(=O)c1ccc2c(c1)C(F)(F)c1cc(Br)ccc1-2. The third kappa shape index (κ3) is 4.42. The van der Waals surface area contributed by atoms with E-state index in [9.17, 15) is 14.4 Å². The Labute approximate surface area is 216 Å². The standard InChI is InChI=1S/C27H26BrF2NO5/c1-25(2,3)36-24(34)31-14-26(8-9-26)12-21(31)23(33)35-13-22(32)15-4-6-17-18-7-5-16(28)11-20(18)27(29,30)19(17)10-15/h4-7,10-11,21H,8-9,12-14H2,1-3H3. The van der Waals surface area contributed by atoms with Gasteiger partial charge in [0, 0.05) is 27.7 Å². The molecule has 2 aromatic carbocycles. The van der Waals surface area contributed by atoms with Crippen molar-refractivity contribution in [3.63, 3.8) is 0 Å². The maximum Gasteiger partial charge on any atom is 0.411 e. The number of benzene rings is 2. The van der Waals surface area contributed by atoms with Crippen molar-refractivity contribution < 1.29 is 32.6 Å². The van der Waals surface area contributed by atoms with Crippen LogP contribution in [-0.4, -0.2) is 47.5 Å². The van der Waals surface area contributed by atoms with E-state index in [1.807, 2.05) is 0 Å². The van der Waals surface area contributed by atoms with Crippen molar-refractivity contribution in [2.24, 2.45) is 5.41 Å². The summed E-state index contributed by atoms with van der Waals surface area (Å²) in [5, 5.41) is 0. The van der Waals surface area contributed by atoms with Gasteiger partial charge in [-0.15, -0.1) is 0 Å². The molecule has 2 fully saturated rings. The van der Waals surface area contributed by atoms with E-state index in [2.05, 4.69) is 15.9 Å². The molecular weight excluding hydrogens is 536 g/mol. The van der Waals surface area contributed by atoms with Gasteiger partial charge in [0.05, 0.1) is 0 Å². The molecule has 3 aliphatic rings. The smallest absolute Gasteiger partial charge is 0.411 e. The predicted molar refractivity (Wildman–Crippen MR) is 131 cm³/mol. The average Bonchev–Trinajstić information content (AvgIpc) is 3.38. The molecule has 2 aromatic rings. The predicted octanol–water partition coefficient (Wildman–Crippen LogP) is 6.09. The van der Waals surface area contributed by atoms with Crippen molar-refractivity contribution in [2.75, 3.05) is 13.2 Å². The number of esters is 1. The molecule has 1 amide bonds. The summed E-state index contributed by atoms with van der Waals surface area (Å²) in [6, 6.07) is 7.97. The number of amides is 1. The van der Waals surface area contributed by atoms with Gasteiger partial charge in [0.2, 0.25) is 0 Å². The molecule has 1 heterocycles. The van der Waals surface area contributed by atoms with Crippen molar-refractivity contribution >= 4 is 33.8 Å². The van der Waals surface area contributed by atoms with E-state index in [0.717, 1.165) is 12.8 Å². The lowest BCUT2D eigenvalue weighted by Gasteiger charge is -2.27. The zero-order valence-electron chi connectivity index (χ0n) is 20.2. The highest BCUT2D eigenvalue weighted by Crippen LogP contribution is 2.55. The largest absolute Gasteiger partial charge is 0.456 e. The normalized spacial score (nSPS) is 20.6. The Morgan fingerprint density at radius 1 is 1.06 bits per heavy atom. The van der Waals surface area contributed by atoms with E-state index in [-0.39, 0.29) is 22.1 Å². The maximum atomic E-state index is 15.1. The summed E-state index contributed by atoms with van der Waals surface area (Å²) < 4.78 is 41.5. The fourth-order valence-corrected chi connectivity index (χ4v) is 5.36. The molecule has 1 unspecified atom stereocenters. The number of fused-ring (bicyclic) bond motifs is 3. The highest BCUT2D eigenvalue weighted by molar-refractivity contribution is 9.10. The van der Waals surface area contributed by atoms with E-state index >= 15 is 8.78 Å². The van der Waals surface area contributed by atoms with Crippen molar-refractivity contribution in [3.05, 3.63) is 57.6 Å². The van der Waals surface area contributed by atoms with Gasteiger partial charge in [0.15, 0.2) is 12.4 Å². The Hall–Kier alpha value is -2.81. The number of carbonyl (C=O) groups is 3. The molecule has 1 saturated heterocycles. The number of hydrogen-bond acceptors (Lipinski definition) is 5. The van der Waals surface area contributed by atoms with Gasteiger partial charge in [0.25, 0.3) is 5.92 Å². The van der Waals surface area contributed by atoms with Crippen LogP contribution in [0.25, 0.3) is 11.1 Å². The van der Waals surface area contributed by atoms with Crippen LogP contribution in [-0.2, 0) is 20.2 Å². The second kappa shape index (κ2) is 8.36. The summed E-state index contributed by atoms with van der Waals surface area (Å²) in [6.07, 6.45) is 1.69. The first-order valence-electron chi connectivity index (χ1n) is 11.8. The quantitative estimate of drug-likeness (QED) is 0.334. The average molecular weight is 562 g/mol. The Morgan fingerprint density at radius 2 is 1.69 bits per heavy atom. The number of hydrogen-bond donors (Lipinski definition) is 0. The van der Waals surface area contributed by atoms with Gasteiger partial charge >= 0.3 is 12.1 Å². The highest BCUT2D eigenvalue weighted by Gasteiger charge is 2.56. The molecule has 1 atom stereocenters. The molecule has 0 radical (unpaired) electrons. The molecule has 1 spiro atoms. The van der Waals surface area contributed by atoms with Crippen LogP contribution in [0.5, 0.6) is 0 Å². The molecule has 0 N–H and O–H groups in total. The zero-order valence-corrected chi connectivity index (χ0v) is 21.8. The summed E-state index contributed by atoms with van der Waals surface area (Å²) in [6.45, 7) is 5.05. The molecule has 190 valence electrons. The number of likely N-dealkylation sites (tertiary alicyclic amines) is 1. The Balaban J connectivity index is 1.29. The minimum Gasteiger partial charge on any atom is -0.456 e. The number of rotatable bonds is 4. The van der Waals surface area contributed by atoms with Crippen LogP contribution in [0.3, 0.4) is 0 Å². The van der Waals surface area contributed by atoms with Crippen molar-refractivity contribution in [2.45, 2.75) is 57.6 Å². The molecular formula is C27H26BrF2NO5. The monoisotopic (exact) mass is 561 g/mol.